The van der Waals surface area contributed by atoms with Gasteiger partial charge in [-0.2, -0.15) is 5.26 Å². The zero-order chi connectivity index (χ0) is 20.6. The van der Waals surface area contributed by atoms with E-state index < -0.39 is 5.60 Å². The molecule has 0 N–H and O–H groups in total. The number of benzene rings is 1. The third-order valence-electron chi connectivity index (χ3n) is 4.35. The van der Waals surface area contributed by atoms with E-state index in [9.17, 15) is 9.59 Å². The Morgan fingerprint density at radius 2 is 2.21 bits per heavy atom. The van der Waals surface area contributed by atoms with Gasteiger partial charge in [0.05, 0.1) is 30.4 Å². The van der Waals surface area contributed by atoms with Gasteiger partial charge in [0.15, 0.2) is 0 Å². The first kappa shape index (κ1) is 21.9. The summed E-state index contributed by atoms with van der Waals surface area (Å²) >= 11 is 0. The lowest BCUT2D eigenvalue weighted by Gasteiger charge is -2.34. The summed E-state index contributed by atoms with van der Waals surface area (Å²) in [6.07, 6.45) is 2.45. The number of hydrogen-bond acceptors (Lipinski definition) is 5. The number of likely N-dealkylation sites (tertiary alicyclic amines) is 1. The maximum atomic E-state index is 12.5. The van der Waals surface area contributed by atoms with E-state index in [-0.39, 0.29) is 18.4 Å². The molecule has 1 aliphatic heterocycles. The first-order valence-electron chi connectivity index (χ1n) is 9.56. The molecule has 1 unspecified atom stereocenters. The summed E-state index contributed by atoms with van der Waals surface area (Å²) in [5.74, 6) is 0.132. The second kappa shape index (κ2) is 10.2. The van der Waals surface area contributed by atoms with Crippen molar-refractivity contribution in [3.8, 4) is 6.07 Å². The molecule has 1 saturated heterocycles. The highest BCUT2D eigenvalue weighted by molar-refractivity contribution is 5.79. The molecule has 28 heavy (non-hydrogen) atoms. The van der Waals surface area contributed by atoms with Gasteiger partial charge in [-0.1, -0.05) is 12.1 Å². The Bertz CT molecular complexity index is 708. The number of nitrogens with zero attached hydrogens (tertiary/aromatic N) is 3. The summed E-state index contributed by atoms with van der Waals surface area (Å²) in [6.45, 7) is 7.68. The molecule has 1 aliphatic rings. The Balaban J connectivity index is 1.80. The summed E-state index contributed by atoms with van der Waals surface area (Å²) < 4.78 is 5.82. The van der Waals surface area contributed by atoms with Crippen LogP contribution in [0.4, 0.5) is 0 Å². The molecule has 1 aromatic carbocycles. The summed E-state index contributed by atoms with van der Waals surface area (Å²) in [6, 6.07) is 9.48. The van der Waals surface area contributed by atoms with Crippen LogP contribution in [0.3, 0.4) is 0 Å². The fraction of sp³-hybridized carbons (Fsp3) is 0.571. The van der Waals surface area contributed by atoms with E-state index in [4.69, 9.17) is 14.8 Å². The zero-order valence-corrected chi connectivity index (χ0v) is 16.9. The van der Waals surface area contributed by atoms with Gasteiger partial charge in [-0.05, 0) is 57.2 Å². The molecule has 152 valence electrons. The van der Waals surface area contributed by atoms with Crippen molar-refractivity contribution in [3.63, 3.8) is 0 Å². The second-order valence-electron chi connectivity index (χ2n) is 8.06. The normalized spacial score (nSPS) is 17.1. The summed E-state index contributed by atoms with van der Waals surface area (Å²) in [5.41, 5.74) is 1.04. The molecule has 1 atom stereocenters. The molecule has 2 amide bonds. The number of carbonyl (C=O) groups is 2. The average molecular weight is 387 g/mol. The van der Waals surface area contributed by atoms with Crippen molar-refractivity contribution in [1.82, 2.24) is 9.96 Å². The van der Waals surface area contributed by atoms with E-state index in [1.54, 1.807) is 11.0 Å². The molecular weight excluding hydrogens is 358 g/mol. The predicted molar refractivity (Wildman–Crippen MR) is 104 cm³/mol. The largest absolute Gasteiger partial charge is 0.376 e. The summed E-state index contributed by atoms with van der Waals surface area (Å²) in [4.78, 5) is 31.0. The predicted octanol–water partition coefficient (Wildman–Crippen LogP) is 2.50. The van der Waals surface area contributed by atoms with Crippen LogP contribution >= 0.6 is 0 Å². The topological polar surface area (TPSA) is 82.9 Å². The Morgan fingerprint density at radius 3 is 2.89 bits per heavy atom. The van der Waals surface area contributed by atoms with E-state index >= 15 is 0 Å². The van der Waals surface area contributed by atoms with Gasteiger partial charge in [0.2, 0.25) is 12.3 Å². The van der Waals surface area contributed by atoms with Gasteiger partial charge in [-0.15, -0.1) is 0 Å². The maximum Gasteiger partial charge on any atom is 0.244 e. The quantitative estimate of drug-likeness (QED) is 0.506. The first-order valence-corrected chi connectivity index (χ1v) is 9.56. The Morgan fingerprint density at radius 1 is 1.43 bits per heavy atom. The van der Waals surface area contributed by atoms with E-state index in [2.05, 4.69) is 6.07 Å². The van der Waals surface area contributed by atoms with Crippen molar-refractivity contribution in [1.29, 1.82) is 5.26 Å². The van der Waals surface area contributed by atoms with Crippen LogP contribution in [0.1, 0.15) is 44.7 Å². The van der Waals surface area contributed by atoms with Gasteiger partial charge >= 0.3 is 0 Å². The molecule has 2 rings (SSSR count). The SMILES string of the molecule is CC(C)(C)ON(C=O)CC(=O)N1CCCC(COCc2cccc(C#N)c2)C1. The molecule has 0 aromatic heterocycles. The minimum absolute atomic E-state index is 0.0880. The van der Waals surface area contributed by atoms with Crippen LogP contribution in [0, 0.1) is 17.2 Å². The number of rotatable bonds is 8. The second-order valence-corrected chi connectivity index (χ2v) is 8.06. The first-order chi connectivity index (χ1) is 13.3. The van der Waals surface area contributed by atoms with Crippen molar-refractivity contribution < 1.29 is 19.2 Å². The summed E-state index contributed by atoms with van der Waals surface area (Å²) in [7, 11) is 0. The molecule has 0 bridgehead atoms. The van der Waals surface area contributed by atoms with E-state index in [0.717, 1.165) is 23.5 Å². The van der Waals surface area contributed by atoms with E-state index in [0.29, 0.717) is 38.3 Å². The molecule has 0 radical (unpaired) electrons. The van der Waals surface area contributed by atoms with Crippen LogP contribution in [0.5, 0.6) is 0 Å². The lowest BCUT2D eigenvalue weighted by Crippen LogP contribution is -2.46. The highest BCUT2D eigenvalue weighted by atomic mass is 16.7. The van der Waals surface area contributed by atoms with Crippen LogP contribution in [0.25, 0.3) is 0 Å². The van der Waals surface area contributed by atoms with Crippen molar-refractivity contribution in [2.45, 2.75) is 45.8 Å². The molecule has 1 heterocycles. The van der Waals surface area contributed by atoms with Gasteiger partial charge < -0.3 is 9.64 Å². The Hall–Kier alpha value is -2.43. The van der Waals surface area contributed by atoms with Crippen LogP contribution in [0.2, 0.25) is 0 Å². The van der Waals surface area contributed by atoms with Gasteiger partial charge in [0.25, 0.3) is 0 Å². The number of carbonyl (C=O) groups excluding carboxylic acids is 2. The standard InChI is InChI=1S/C21H29N3O4/c1-21(2,3)28-24(16-25)13-20(26)23-9-5-8-19(12-23)15-27-14-18-7-4-6-17(10-18)11-22/h4,6-7,10,16,19H,5,8-9,12-15H2,1-3H3. The van der Waals surface area contributed by atoms with Gasteiger partial charge in [-0.25, -0.2) is 5.06 Å². The monoisotopic (exact) mass is 387 g/mol. The Labute approximate surface area is 166 Å². The van der Waals surface area contributed by atoms with E-state index in [1.807, 2.05) is 39.0 Å². The molecule has 7 nitrogen and oxygen atoms in total. The molecule has 0 aliphatic carbocycles. The fourth-order valence-electron chi connectivity index (χ4n) is 3.18. The van der Waals surface area contributed by atoms with Gasteiger partial charge in [-0.3, -0.25) is 14.4 Å². The lowest BCUT2D eigenvalue weighted by molar-refractivity contribution is -0.217. The number of piperidine rings is 1. The summed E-state index contributed by atoms with van der Waals surface area (Å²) in [5, 5.41) is 10.0. The van der Waals surface area contributed by atoms with Crippen LogP contribution in [0.15, 0.2) is 24.3 Å². The van der Waals surface area contributed by atoms with Crippen molar-refractivity contribution in [2.75, 3.05) is 26.2 Å². The van der Waals surface area contributed by atoms with Crippen molar-refractivity contribution >= 4 is 12.3 Å². The van der Waals surface area contributed by atoms with E-state index in [1.165, 1.54) is 0 Å². The third kappa shape index (κ3) is 7.29. The number of hydrogen-bond donors (Lipinski definition) is 0. The molecule has 1 aromatic rings. The molecule has 7 heteroatoms. The number of ether oxygens (including phenoxy) is 1. The molecule has 0 spiro atoms. The highest BCUT2D eigenvalue weighted by Crippen LogP contribution is 2.18. The minimum atomic E-state index is -0.539. The minimum Gasteiger partial charge on any atom is -0.376 e. The maximum absolute atomic E-state index is 12.5. The number of hydroxylamine groups is 2. The highest BCUT2D eigenvalue weighted by Gasteiger charge is 2.26. The van der Waals surface area contributed by atoms with Crippen LogP contribution < -0.4 is 0 Å². The van der Waals surface area contributed by atoms with Crippen molar-refractivity contribution in [2.24, 2.45) is 5.92 Å². The van der Waals surface area contributed by atoms with Crippen molar-refractivity contribution in [3.05, 3.63) is 35.4 Å². The van der Waals surface area contributed by atoms with Gasteiger partial charge in [0.1, 0.15) is 6.54 Å². The molecule has 0 saturated carbocycles. The third-order valence-corrected chi connectivity index (χ3v) is 4.35. The van der Waals surface area contributed by atoms with Gasteiger partial charge in [0, 0.05) is 13.1 Å². The lowest BCUT2D eigenvalue weighted by atomic mass is 9.99. The number of nitriles is 1. The fourth-order valence-corrected chi connectivity index (χ4v) is 3.18. The zero-order valence-electron chi connectivity index (χ0n) is 16.9. The van der Waals surface area contributed by atoms with Crippen LogP contribution in [-0.4, -0.2) is 54.1 Å². The Kier molecular flexibility index (Phi) is 7.97. The average Bonchev–Trinajstić information content (AvgIpc) is 2.66. The van der Waals surface area contributed by atoms with Crippen LogP contribution in [-0.2, 0) is 25.8 Å². The molecule has 1 fully saturated rings. The smallest absolute Gasteiger partial charge is 0.244 e. The number of amides is 2. The molecular formula is C21H29N3O4.